The van der Waals surface area contributed by atoms with Gasteiger partial charge in [-0.05, 0) is 33.3 Å². The molecule has 2 aliphatic rings. The number of hydrogen-bond acceptors (Lipinski definition) is 4. The maximum atomic E-state index is 6.04. The number of pyridine rings is 1. The summed E-state index contributed by atoms with van der Waals surface area (Å²) in [5.74, 6) is 0. The molecule has 1 aromatic heterocycles. The Labute approximate surface area is 114 Å². The third-order valence-corrected chi connectivity index (χ3v) is 4.35. The van der Waals surface area contributed by atoms with Crippen molar-refractivity contribution in [3.8, 4) is 0 Å². The van der Waals surface area contributed by atoms with Crippen LogP contribution in [0.5, 0.6) is 0 Å². The first-order chi connectivity index (χ1) is 8.89. The van der Waals surface area contributed by atoms with Gasteiger partial charge in [0.15, 0.2) is 0 Å². The Morgan fingerprint density at radius 3 is 2.53 bits per heavy atom. The zero-order chi connectivity index (χ0) is 13.7. The van der Waals surface area contributed by atoms with Gasteiger partial charge in [-0.15, -0.1) is 0 Å². The average Bonchev–Trinajstić information content (AvgIpc) is 2.58. The topological polar surface area (TPSA) is 40.6 Å². The summed E-state index contributed by atoms with van der Waals surface area (Å²) < 4.78 is 17.6. The van der Waals surface area contributed by atoms with Gasteiger partial charge in [0.25, 0.3) is 0 Å². The fourth-order valence-electron chi connectivity index (χ4n) is 2.37. The van der Waals surface area contributed by atoms with Gasteiger partial charge in [-0.1, -0.05) is 6.07 Å². The van der Waals surface area contributed by atoms with E-state index in [2.05, 4.69) is 38.7 Å². The molecule has 102 valence electrons. The first kappa shape index (κ1) is 13.1. The summed E-state index contributed by atoms with van der Waals surface area (Å²) in [6.07, 6.45) is 2.76. The summed E-state index contributed by atoms with van der Waals surface area (Å²) in [6.45, 7) is 9.62. The van der Waals surface area contributed by atoms with Crippen LogP contribution in [0.25, 0.3) is 0 Å². The van der Waals surface area contributed by atoms with Crippen LogP contribution >= 0.6 is 0 Å². The molecule has 0 radical (unpaired) electrons. The Kier molecular flexibility index (Phi) is 2.96. The molecular formula is C14H20BNO3. The molecule has 1 saturated heterocycles. The Hall–Kier alpha value is -0.905. The van der Waals surface area contributed by atoms with Crippen LogP contribution in [0.4, 0.5) is 0 Å². The zero-order valence-electron chi connectivity index (χ0n) is 12.0. The molecule has 0 unspecified atom stereocenters. The van der Waals surface area contributed by atoms with Crippen LogP contribution in [0.3, 0.4) is 0 Å². The maximum absolute atomic E-state index is 6.04. The molecule has 0 amide bonds. The minimum absolute atomic E-state index is 0.315. The molecule has 0 saturated carbocycles. The van der Waals surface area contributed by atoms with Gasteiger partial charge < -0.3 is 14.0 Å². The molecule has 0 N–H and O–H groups in total. The van der Waals surface area contributed by atoms with Gasteiger partial charge >= 0.3 is 7.12 Å². The second-order valence-electron chi connectivity index (χ2n) is 6.27. The van der Waals surface area contributed by atoms with Crippen molar-refractivity contribution in [1.82, 2.24) is 4.98 Å². The summed E-state index contributed by atoms with van der Waals surface area (Å²) in [6, 6.07) is 2.10. The van der Waals surface area contributed by atoms with Gasteiger partial charge in [0.05, 0.1) is 24.4 Å². The highest BCUT2D eigenvalue weighted by molar-refractivity contribution is 6.62. The van der Waals surface area contributed by atoms with Crippen molar-refractivity contribution in [3.05, 3.63) is 23.5 Å². The fourth-order valence-corrected chi connectivity index (χ4v) is 2.37. The van der Waals surface area contributed by atoms with E-state index in [1.54, 1.807) is 0 Å². The van der Waals surface area contributed by atoms with Gasteiger partial charge in [-0.3, -0.25) is 4.98 Å². The fraction of sp³-hybridized carbons (Fsp3) is 0.643. The Bertz CT molecular complexity index is 485. The summed E-state index contributed by atoms with van der Waals surface area (Å²) in [4.78, 5) is 4.52. The second-order valence-corrected chi connectivity index (χ2v) is 6.27. The number of fused-ring (bicyclic) bond motifs is 1. The van der Waals surface area contributed by atoms with Crippen molar-refractivity contribution in [1.29, 1.82) is 0 Å². The van der Waals surface area contributed by atoms with Crippen LogP contribution in [0.2, 0.25) is 0 Å². The lowest BCUT2D eigenvalue weighted by Gasteiger charge is -2.32. The van der Waals surface area contributed by atoms with E-state index >= 15 is 0 Å². The molecule has 0 aromatic carbocycles. The Balaban J connectivity index is 1.88. The molecule has 4 nitrogen and oxygen atoms in total. The molecule has 0 aliphatic carbocycles. The molecule has 3 rings (SSSR count). The van der Waals surface area contributed by atoms with Crippen LogP contribution in [0.15, 0.2) is 12.3 Å². The molecule has 0 spiro atoms. The highest BCUT2D eigenvalue weighted by atomic mass is 16.7. The number of hydrogen-bond donors (Lipinski definition) is 0. The molecule has 19 heavy (non-hydrogen) atoms. The van der Waals surface area contributed by atoms with Gasteiger partial charge in [0, 0.05) is 23.8 Å². The molecule has 0 atom stereocenters. The normalized spacial score (nSPS) is 24.3. The number of ether oxygens (including phenoxy) is 1. The van der Waals surface area contributed by atoms with E-state index in [4.69, 9.17) is 14.0 Å². The number of nitrogens with zero attached hydrogens (tertiary/aromatic N) is 1. The van der Waals surface area contributed by atoms with E-state index in [-0.39, 0.29) is 18.3 Å². The quantitative estimate of drug-likeness (QED) is 0.717. The highest BCUT2D eigenvalue weighted by Gasteiger charge is 2.51. The van der Waals surface area contributed by atoms with Crippen molar-refractivity contribution in [2.24, 2.45) is 0 Å². The smallest absolute Gasteiger partial charge is 0.399 e. The van der Waals surface area contributed by atoms with Crippen LogP contribution in [-0.4, -0.2) is 29.9 Å². The lowest BCUT2D eigenvalue weighted by molar-refractivity contribution is 0.00578. The SMILES string of the molecule is CC1(C)OB(c2cnc3c(c2)COCC3)OC1(C)C. The van der Waals surface area contributed by atoms with E-state index in [0.29, 0.717) is 6.61 Å². The molecule has 1 fully saturated rings. The molecule has 0 bridgehead atoms. The van der Waals surface area contributed by atoms with E-state index < -0.39 is 0 Å². The third-order valence-electron chi connectivity index (χ3n) is 4.35. The minimum atomic E-state index is -0.343. The van der Waals surface area contributed by atoms with E-state index in [9.17, 15) is 0 Å². The van der Waals surface area contributed by atoms with E-state index in [1.807, 2.05) is 6.20 Å². The molecule has 3 heterocycles. The first-order valence-electron chi connectivity index (χ1n) is 6.80. The zero-order valence-corrected chi connectivity index (χ0v) is 12.0. The minimum Gasteiger partial charge on any atom is -0.399 e. The van der Waals surface area contributed by atoms with Crippen molar-refractivity contribution >= 4 is 12.6 Å². The van der Waals surface area contributed by atoms with Crippen LogP contribution in [0.1, 0.15) is 39.0 Å². The largest absolute Gasteiger partial charge is 0.496 e. The summed E-state index contributed by atoms with van der Waals surface area (Å²) >= 11 is 0. The van der Waals surface area contributed by atoms with Crippen LogP contribution in [0, 0.1) is 0 Å². The van der Waals surface area contributed by atoms with E-state index in [0.717, 1.165) is 29.7 Å². The van der Waals surface area contributed by atoms with Crippen molar-refractivity contribution in [2.75, 3.05) is 6.61 Å². The standard InChI is InChI=1S/C14H20BNO3/c1-13(2)14(3,4)19-15(18-13)11-7-10-9-17-6-5-12(10)16-8-11/h7-8H,5-6,9H2,1-4H3. The monoisotopic (exact) mass is 261 g/mol. The molecular weight excluding hydrogens is 241 g/mol. The second kappa shape index (κ2) is 4.30. The Morgan fingerprint density at radius 2 is 1.84 bits per heavy atom. The summed E-state index contributed by atoms with van der Waals surface area (Å²) in [5.41, 5.74) is 2.63. The summed E-state index contributed by atoms with van der Waals surface area (Å²) in [7, 11) is -0.343. The van der Waals surface area contributed by atoms with Crippen LogP contribution in [-0.2, 0) is 27.1 Å². The first-order valence-corrected chi connectivity index (χ1v) is 6.80. The number of aromatic nitrogens is 1. The van der Waals surface area contributed by atoms with Crippen molar-refractivity contribution in [3.63, 3.8) is 0 Å². The summed E-state index contributed by atoms with van der Waals surface area (Å²) in [5, 5.41) is 0. The predicted octanol–water partition coefficient (Wildman–Crippen LogP) is 1.45. The van der Waals surface area contributed by atoms with Crippen LogP contribution < -0.4 is 5.46 Å². The lowest BCUT2D eigenvalue weighted by Crippen LogP contribution is -2.41. The van der Waals surface area contributed by atoms with Gasteiger partial charge in [-0.2, -0.15) is 0 Å². The number of rotatable bonds is 1. The van der Waals surface area contributed by atoms with Gasteiger partial charge in [0.1, 0.15) is 0 Å². The maximum Gasteiger partial charge on any atom is 0.496 e. The molecule has 1 aromatic rings. The van der Waals surface area contributed by atoms with Crippen molar-refractivity contribution < 1.29 is 14.0 Å². The van der Waals surface area contributed by atoms with E-state index in [1.165, 1.54) is 0 Å². The Morgan fingerprint density at radius 1 is 1.16 bits per heavy atom. The molecule has 5 heteroatoms. The van der Waals surface area contributed by atoms with Gasteiger partial charge in [-0.25, -0.2) is 0 Å². The predicted molar refractivity (Wildman–Crippen MR) is 73.3 cm³/mol. The average molecular weight is 261 g/mol. The van der Waals surface area contributed by atoms with Gasteiger partial charge in [0.2, 0.25) is 0 Å². The third kappa shape index (κ3) is 2.20. The lowest BCUT2D eigenvalue weighted by atomic mass is 9.79. The van der Waals surface area contributed by atoms with Crippen molar-refractivity contribution in [2.45, 2.75) is 51.9 Å². The molecule has 2 aliphatic heterocycles. The highest BCUT2D eigenvalue weighted by Crippen LogP contribution is 2.36.